The molecule has 0 amide bonds. The minimum absolute atomic E-state index is 0.153. The SMILES string of the molecule is COC(=O)C(C)(CCCN1CCN(c2ccc(-c3ccsc3)cc2)CC1)c1ccccc1. The van der Waals surface area contributed by atoms with E-state index in [0.717, 1.165) is 51.1 Å². The fourth-order valence-electron chi connectivity index (χ4n) is 4.57. The van der Waals surface area contributed by atoms with Crippen LogP contribution in [0.5, 0.6) is 0 Å². The van der Waals surface area contributed by atoms with E-state index in [-0.39, 0.29) is 5.97 Å². The Labute approximate surface area is 195 Å². The van der Waals surface area contributed by atoms with Crippen molar-refractivity contribution in [3.63, 3.8) is 0 Å². The molecule has 168 valence electrons. The van der Waals surface area contributed by atoms with Gasteiger partial charge in [0, 0.05) is 31.9 Å². The highest BCUT2D eigenvalue weighted by Gasteiger charge is 2.35. The third kappa shape index (κ3) is 5.05. The van der Waals surface area contributed by atoms with Gasteiger partial charge in [0.15, 0.2) is 0 Å². The van der Waals surface area contributed by atoms with Gasteiger partial charge in [-0.2, -0.15) is 11.3 Å². The second-order valence-electron chi connectivity index (χ2n) is 8.68. The number of nitrogens with zero attached hydrogens (tertiary/aromatic N) is 2. The number of rotatable bonds is 8. The first-order valence-corrected chi connectivity index (χ1v) is 12.3. The van der Waals surface area contributed by atoms with Crippen molar-refractivity contribution in [2.45, 2.75) is 25.2 Å². The first-order chi connectivity index (χ1) is 15.6. The molecule has 2 aromatic carbocycles. The fraction of sp³-hybridized carbons (Fsp3) is 0.370. The second kappa shape index (κ2) is 10.3. The monoisotopic (exact) mass is 448 g/mol. The van der Waals surface area contributed by atoms with E-state index in [4.69, 9.17) is 4.74 Å². The van der Waals surface area contributed by atoms with Crippen LogP contribution in [0.1, 0.15) is 25.3 Å². The zero-order chi connectivity index (χ0) is 22.4. The molecule has 4 rings (SSSR count). The lowest BCUT2D eigenvalue weighted by molar-refractivity contribution is -0.147. The number of benzene rings is 2. The summed E-state index contributed by atoms with van der Waals surface area (Å²) in [4.78, 5) is 17.6. The average Bonchev–Trinajstić information content (AvgIpc) is 3.39. The van der Waals surface area contributed by atoms with Crippen molar-refractivity contribution in [2.75, 3.05) is 44.7 Å². The predicted octanol–water partition coefficient (Wildman–Crippen LogP) is 5.45. The lowest BCUT2D eigenvalue weighted by Crippen LogP contribution is -2.47. The molecule has 1 aliphatic heterocycles. The number of hydrogen-bond acceptors (Lipinski definition) is 5. The van der Waals surface area contributed by atoms with Gasteiger partial charge in [0.05, 0.1) is 12.5 Å². The summed E-state index contributed by atoms with van der Waals surface area (Å²) in [5.74, 6) is -0.153. The van der Waals surface area contributed by atoms with E-state index >= 15 is 0 Å². The number of esters is 1. The Balaban J connectivity index is 1.28. The fourth-order valence-corrected chi connectivity index (χ4v) is 5.24. The predicted molar refractivity (Wildman–Crippen MR) is 133 cm³/mol. The highest BCUT2D eigenvalue weighted by molar-refractivity contribution is 7.08. The zero-order valence-electron chi connectivity index (χ0n) is 19.0. The third-order valence-electron chi connectivity index (χ3n) is 6.66. The van der Waals surface area contributed by atoms with Crippen LogP contribution >= 0.6 is 11.3 Å². The molecule has 4 nitrogen and oxygen atoms in total. The van der Waals surface area contributed by atoms with E-state index in [2.05, 4.69) is 50.9 Å². The standard InChI is InChI=1S/C27H32N2O2S/c1-27(26(30)31-2,24-7-4-3-5-8-24)14-6-15-28-16-18-29(19-17-28)25-11-9-22(10-12-25)23-13-20-32-21-23/h3-5,7-13,20-21H,6,14-19H2,1-2H3. The van der Waals surface area contributed by atoms with Crippen molar-refractivity contribution in [3.8, 4) is 11.1 Å². The maximum atomic E-state index is 12.6. The van der Waals surface area contributed by atoms with Gasteiger partial charge in [-0.15, -0.1) is 0 Å². The van der Waals surface area contributed by atoms with Crippen molar-refractivity contribution < 1.29 is 9.53 Å². The number of ether oxygens (including phenoxy) is 1. The van der Waals surface area contributed by atoms with Gasteiger partial charge in [0.1, 0.15) is 0 Å². The molecule has 1 saturated heterocycles. The summed E-state index contributed by atoms with van der Waals surface area (Å²) >= 11 is 1.73. The molecular weight excluding hydrogens is 416 g/mol. The molecule has 0 bridgehead atoms. The number of hydrogen-bond donors (Lipinski definition) is 0. The Morgan fingerprint density at radius 1 is 0.969 bits per heavy atom. The summed E-state index contributed by atoms with van der Waals surface area (Å²) < 4.78 is 5.15. The molecule has 1 aliphatic rings. The Kier molecular flexibility index (Phi) is 7.28. The maximum Gasteiger partial charge on any atom is 0.315 e. The molecule has 1 unspecified atom stereocenters. The Hall–Kier alpha value is -2.63. The maximum absolute atomic E-state index is 12.6. The van der Waals surface area contributed by atoms with Gasteiger partial charge >= 0.3 is 5.97 Å². The van der Waals surface area contributed by atoms with Gasteiger partial charge < -0.3 is 9.64 Å². The number of carbonyl (C=O) groups excluding carboxylic acids is 1. The first kappa shape index (κ1) is 22.6. The molecule has 1 fully saturated rings. The molecule has 1 atom stereocenters. The molecule has 0 spiro atoms. The van der Waals surface area contributed by atoms with E-state index in [1.165, 1.54) is 23.9 Å². The van der Waals surface area contributed by atoms with Crippen molar-refractivity contribution in [1.29, 1.82) is 0 Å². The van der Waals surface area contributed by atoms with Gasteiger partial charge in [-0.25, -0.2) is 0 Å². The van der Waals surface area contributed by atoms with Gasteiger partial charge in [-0.3, -0.25) is 9.69 Å². The van der Waals surface area contributed by atoms with Crippen molar-refractivity contribution in [3.05, 3.63) is 77.0 Å². The van der Waals surface area contributed by atoms with Crippen LogP contribution in [-0.2, 0) is 14.9 Å². The number of carbonyl (C=O) groups is 1. The van der Waals surface area contributed by atoms with E-state index < -0.39 is 5.41 Å². The summed E-state index contributed by atoms with van der Waals surface area (Å²) in [5, 5.41) is 4.31. The minimum atomic E-state index is -0.595. The van der Waals surface area contributed by atoms with E-state index in [0.29, 0.717) is 0 Å². The molecule has 0 aliphatic carbocycles. The topological polar surface area (TPSA) is 32.8 Å². The van der Waals surface area contributed by atoms with E-state index in [1.807, 2.05) is 37.3 Å². The summed E-state index contributed by atoms with van der Waals surface area (Å²) in [6.45, 7) is 7.17. The molecule has 1 aromatic heterocycles. The van der Waals surface area contributed by atoms with Crippen LogP contribution < -0.4 is 4.90 Å². The van der Waals surface area contributed by atoms with Crippen LogP contribution in [0.3, 0.4) is 0 Å². The highest BCUT2D eigenvalue weighted by atomic mass is 32.1. The quantitative estimate of drug-likeness (QED) is 0.429. The summed E-state index contributed by atoms with van der Waals surface area (Å²) in [6.07, 6.45) is 1.75. The lowest BCUT2D eigenvalue weighted by Gasteiger charge is -2.36. The number of piperazine rings is 1. The molecule has 3 aromatic rings. The van der Waals surface area contributed by atoms with Crippen molar-refractivity contribution in [1.82, 2.24) is 4.90 Å². The molecule has 32 heavy (non-hydrogen) atoms. The molecule has 0 saturated carbocycles. The zero-order valence-corrected chi connectivity index (χ0v) is 19.8. The molecule has 2 heterocycles. The van der Waals surface area contributed by atoms with Crippen LogP contribution in [0, 0.1) is 0 Å². The molecular formula is C27H32N2O2S. The normalized spacial score (nSPS) is 16.5. The van der Waals surface area contributed by atoms with Crippen LogP contribution in [0.2, 0.25) is 0 Å². The molecule has 5 heteroatoms. The Morgan fingerprint density at radius 2 is 1.69 bits per heavy atom. The van der Waals surface area contributed by atoms with Crippen LogP contribution in [-0.4, -0.2) is 50.7 Å². The summed E-state index contributed by atoms with van der Waals surface area (Å²) in [6, 6.07) is 21.1. The van der Waals surface area contributed by atoms with Crippen LogP contribution in [0.4, 0.5) is 5.69 Å². The molecule has 0 radical (unpaired) electrons. The van der Waals surface area contributed by atoms with Gasteiger partial charge in [0.25, 0.3) is 0 Å². The van der Waals surface area contributed by atoms with Crippen LogP contribution in [0.15, 0.2) is 71.4 Å². The van der Waals surface area contributed by atoms with Crippen molar-refractivity contribution >= 4 is 23.0 Å². The number of methoxy groups -OCH3 is 1. The van der Waals surface area contributed by atoms with E-state index in [1.54, 1.807) is 11.3 Å². The number of thiophene rings is 1. The minimum Gasteiger partial charge on any atom is -0.468 e. The smallest absolute Gasteiger partial charge is 0.315 e. The highest BCUT2D eigenvalue weighted by Crippen LogP contribution is 2.31. The second-order valence-corrected chi connectivity index (χ2v) is 9.46. The van der Waals surface area contributed by atoms with Gasteiger partial charge in [0.2, 0.25) is 0 Å². The lowest BCUT2D eigenvalue weighted by atomic mass is 9.78. The van der Waals surface area contributed by atoms with Crippen molar-refractivity contribution in [2.24, 2.45) is 0 Å². The number of anilines is 1. The summed E-state index contributed by atoms with van der Waals surface area (Å²) in [7, 11) is 1.48. The first-order valence-electron chi connectivity index (χ1n) is 11.3. The Bertz CT molecular complexity index is 980. The average molecular weight is 449 g/mol. The van der Waals surface area contributed by atoms with E-state index in [9.17, 15) is 4.79 Å². The summed E-state index contributed by atoms with van der Waals surface area (Å²) in [5.41, 5.74) is 4.30. The van der Waals surface area contributed by atoms with Gasteiger partial charge in [-0.05, 0) is 72.0 Å². The third-order valence-corrected chi connectivity index (χ3v) is 7.34. The largest absolute Gasteiger partial charge is 0.468 e. The van der Waals surface area contributed by atoms with Crippen LogP contribution in [0.25, 0.3) is 11.1 Å². The Morgan fingerprint density at radius 3 is 2.31 bits per heavy atom. The van der Waals surface area contributed by atoms with Gasteiger partial charge in [-0.1, -0.05) is 42.5 Å². The molecule has 0 N–H and O–H groups in total.